The maximum atomic E-state index is 5.87. The standard InChI is InChI=1S/C13H9BrClN3/c14-11-9(16)5-6-10-12(11)18-13(17-10)7-1-3-8(15)4-2-7/h1-6,13H,16H2/t13-/m0/s1. The summed E-state index contributed by atoms with van der Waals surface area (Å²) in [7, 11) is 0. The van der Waals surface area contributed by atoms with Gasteiger partial charge in [-0.2, -0.15) is 0 Å². The normalized spacial score (nSPS) is 16.9. The van der Waals surface area contributed by atoms with Gasteiger partial charge in [-0.1, -0.05) is 23.7 Å². The van der Waals surface area contributed by atoms with E-state index >= 15 is 0 Å². The Morgan fingerprint density at radius 1 is 1.06 bits per heavy atom. The first-order chi connectivity index (χ1) is 8.65. The molecule has 0 fully saturated rings. The Morgan fingerprint density at radius 3 is 2.50 bits per heavy atom. The number of benzene rings is 2. The van der Waals surface area contributed by atoms with E-state index in [1.165, 1.54) is 0 Å². The van der Waals surface area contributed by atoms with Crippen molar-refractivity contribution in [2.75, 3.05) is 5.73 Å². The summed E-state index contributed by atoms with van der Waals surface area (Å²) in [6.45, 7) is 0. The zero-order valence-corrected chi connectivity index (χ0v) is 11.6. The highest BCUT2D eigenvalue weighted by Crippen LogP contribution is 2.23. The van der Waals surface area contributed by atoms with Crippen molar-refractivity contribution >= 4 is 33.2 Å². The molecule has 0 bridgehead atoms. The Bertz CT molecular complexity index is 725. The summed E-state index contributed by atoms with van der Waals surface area (Å²) >= 11 is 9.31. The predicted molar refractivity (Wildman–Crippen MR) is 75.1 cm³/mol. The molecule has 0 aromatic heterocycles. The number of hydrogen-bond acceptors (Lipinski definition) is 3. The van der Waals surface area contributed by atoms with Gasteiger partial charge in [-0.25, -0.2) is 0 Å². The highest BCUT2D eigenvalue weighted by molar-refractivity contribution is 9.10. The quantitative estimate of drug-likeness (QED) is 0.806. The van der Waals surface area contributed by atoms with Crippen molar-refractivity contribution in [2.45, 2.75) is 6.17 Å². The highest BCUT2D eigenvalue weighted by Gasteiger charge is 2.14. The lowest BCUT2D eigenvalue weighted by Crippen LogP contribution is -2.23. The second-order valence-electron chi connectivity index (χ2n) is 4.02. The monoisotopic (exact) mass is 321 g/mol. The number of fused-ring (bicyclic) bond motifs is 1. The molecule has 2 N–H and O–H groups in total. The molecule has 18 heavy (non-hydrogen) atoms. The number of anilines is 1. The summed E-state index contributed by atoms with van der Waals surface area (Å²) in [5.41, 5.74) is 7.52. The average Bonchev–Trinajstić information content (AvgIpc) is 2.80. The lowest BCUT2D eigenvalue weighted by molar-refractivity contribution is 0.771. The molecule has 0 amide bonds. The molecule has 1 heterocycles. The zero-order valence-electron chi connectivity index (χ0n) is 9.27. The van der Waals surface area contributed by atoms with Crippen LogP contribution >= 0.6 is 27.5 Å². The maximum Gasteiger partial charge on any atom is 0.166 e. The summed E-state index contributed by atoms with van der Waals surface area (Å²) in [5, 5.41) is 2.38. The molecule has 2 aromatic carbocycles. The summed E-state index contributed by atoms with van der Waals surface area (Å²) in [5.74, 6) is 0. The van der Waals surface area contributed by atoms with Gasteiger partial charge in [-0.15, -0.1) is 0 Å². The van der Waals surface area contributed by atoms with Crippen molar-refractivity contribution in [3.63, 3.8) is 0 Å². The number of halogens is 2. The van der Waals surface area contributed by atoms with Crippen molar-refractivity contribution in [2.24, 2.45) is 9.98 Å². The number of nitrogens with zero attached hydrogens (tertiary/aromatic N) is 2. The maximum absolute atomic E-state index is 5.87. The van der Waals surface area contributed by atoms with E-state index in [-0.39, 0.29) is 6.17 Å². The van der Waals surface area contributed by atoms with Crippen LogP contribution in [0, 0.1) is 0 Å². The van der Waals surface area contributed by atoms with Crippen molar-refractivity contribution in [1.82, 2.24) is 0 Å². The van der Waals surface area contributed by atoms with Gasteiger partial charge in [0.2, 0.25) is 0 Å². The molecule has 0 spiro atoms. The minimum atomic E-state index is -0.213. The number of nitrogens with two attached hydrogens (primary N) is 1. The van der Waals surface area contributed by atoms with Gasteiger partial charge in [-0.05, 0) is 45.8 Å². The largest absolute Gasteiger partial charge is 0.398 e. The number of hydrogen-bond donors (Lipinski definition) is 1. The minimum absolute atomic E-state index is 0.213. The van der Waals surface area contributed by atoms with Crippen LogP contribution in [0.4, 0.5) is 5.69 Å². The van der Waals surface area contributed by atoms with Crippen molar-refractivity contribution < 1.29 is 0 Å². The third-order valence-electron chi connectivity index (χ3n) is 2.81. The fourth-order valence-corrected chi connectivity index (χ4v) is 2.43. The van der Waals surface area contributed by atoms with Crippen molar-refractivity contribution in [1.29, 1.82) is 0 Å². The Kier molecular flexibility index (Phi) is 2.84. The van der Waals surface area contributed by atoms with Crippen LogP contribution < -0.4 is 16.4 Å². The SMILES string of the molecule is Nc1ccc2c(c1Br)=N[C@@H](c1ccc(Cl)cc1)N=2. The van der Waals surface area contributed by atoms with Gasteiger partial charge in [0, 0.05) is 10.7 Å². The van der Waals surface area contributed by atoms with E-state index in [2.05, 4.69) is 25.9 Å². The lowest BCUT2D eigenvalue weighted by Gasteiger charge is -2.03. The van der Waals surface area contributed by atoms with E-state index < -0.39 is 0 Å². The molecule has 3 nitrogen and oxygen atoms in total. The third-order valence-corrected chi connectivity index (χ3v) is 3.89. The Hall–Kier alpha value is -1.39. The molecule has 1 atom stereocenters. The fraction of sp³-hybridized carbons (Fsp3) is 0.0769. The van der Waals surface area contributed by atoms with E-state index in [0.29, 0.717) is 10.7 Å². The van der Waals surface area contributed by atoms with E-state index in [0.717, 1.165) is 20.8 Å². The van der Waals surface area contributed by atoms with Crippen molar-refractivity contribution in [3.05, 3.63) is 62.2 Å². The average molecular weight is 323 g/mol. The molecule has 0 unspecified atom stereocenters. The fourth-order valence-electron chi connectivity index (χ4n) is 1.86. The molecule has 0 radical (unpaired) electrons. The molecule has 5 heteroatoms. The summed E-state index contributed by atoms with van der Waals surface area (Å²) in [6, 6.07) is 11.3. The van der Waals surface area contributed by atoms with Crippen LogP contribution in [0.3, 0.4) is 0 Å². The summed E-state index contributed by atoms with van der Waals surface area (Å²) in [4.78, 5) is 9.13. The smallest absolute Gasteiger partial charge is 0.166 e. The van der Waals surface area contributed by atoms with Crippen LogP contribution in [-0.2, 0) is 0 Å². The van der Waals surface area contributed by atoms with E-state index in [4.69, 9.17) is 17.3 Å². The predicted octanol–water partition coefficient (Wildman–Crippen LogP) is 2.64. The van der Waals surface area contributed by atoms with E-state index in [1.54, 1.807) is 0 Å². The summed E-state index contributed by atoms with van der Waals surface area (Å²) in [6.07, 6.45) is -0.213. The zero-order chi connectivity index (χ0) is 12.7. The minimum Gasteiger partial charge on any atom is -0.398 e. The van der Waals surface area contributed by atoms with E-state index in [9.17, 15) is 0 Å². The van der Waals surface area contributed by atoms with Crippen LogP contribution in [0.2, 0.25) is 5.02 Å². The van der Waals surface area contributed by atoms with Gasteiger partial charge >= 0.3 is 0 Å². The molecule has 3 rings (SSSR count). The Balaban J connectivity index is 2.12. The molecule has 0 saturated carbocycles. The Labute approximate surface area is 117 Å². The first-order valence-electron chi connectivity index (χ1n) is 5.40. The second kappa shape index (κ2) is 4.37. The highest BCUT2D eigenvalue weighted by atomic mass is 79.9. The van der Waals surface area contributed by atoms with Crippen LogP contribution in [-0.4, -0.2) is 0 Å². The van der Waals surface area contributed by atoms with E-state index in [1.807, 2.05) is 36.4 Å². The molecule has 1 aliphatic rings. The second-order valence-corrected chi connectivity index (χ2v) is 5.25. The van der Waals surface area contributed by atoms with Gasteiger partial charge < -0.3 is 5.73 Å². The number of nitrogen functional groups attached to an aromatic ring is 1. The van der Waals surface area contributed by atoms with Gasteiger partial charge in [0.1, 0.15) is 5.36 Å². The van der Waals surface area contributed by atoms with Crippen LogP contribution in [0.15, 0.2) is 50.9 Å². The first-order valence-corrected chi connectivity index (χ1v) is 6.57. The third kappa shape index (κ3) is 1.91. The van der Waals surface area contributed by atoms with Crippen LogP contribution in [0.25, 0.3) is 0 Å². The molecule has 0 aliphatic carbocycles. The molecular weight excluding hydrogens is 314 g/mol. The molecule has 1 aliphatic heterocycles. The molecule has 2 aromatic rings. The van der Waals surface area contributed by atoms with Gasteiger partial charge in [0.25, 0.3) is 0 Å². The number of rotatable bonds is 1. The van der Waals surface area contributed by atoms with Gasteiger partial charge in [0.05, 0.1) is 9.83 Å². The van der Waals surface area contributed by atoms with Crippen molar-refractivity contribution in [3.8, 4) is 0 Å². The molecular formula is C13H9BrClN3. The summed E-state index contributed by atoms with van der Waals surface area (Å²) < 4.78 is 0.806. The first kappa shape index (κ1) is 11.7. The molecule has 0 saturated heterocycles. The van der Waals surface area contributed by atoms with Gasteiger partial charge in [-0.3, -0.25) is 9.98 Å². The van der Waals surface area contributed by atoms with Crippen LogP contribution in [0.1, 0.15) is 11.7 Å². The molecule has 90 valence electrons. The topological polar surface area (TPSA) is 50.7 Å². The lowest BCUT2D eigenvalue weighted by atomic mass is 10.2. The Morgan fingerprint density at radius 2 is 1.78 bits per heavy atom. The van der Waals surface area contributed by atoms with Gasteiger partial charge in [0.15, 0.2) is 6.17 Å². The van der Waals surface area contributed by atoms with Crippen LogP contribution in [0.5, 0.6) is 0 Å².